The Labute approximate surface area is 132 Å². The number of nitrogens with zero attached hydrogens (tertiary/aromatic N) is 2. The van der Waals surface area contributed by atoms with E-state index in [1.54, 1.807) is 0 Å². The van der Waals surface area contributed by atoms with Crippen molar-refractivity contribution in [1.29, 1.82) is 0 Å². The van der Waals surface area contributed by atoms with Crippen molar-refractivity contribution in [2.24, 2.45) is 0 Å². The molecule has 0 unspecified atom stereocenters. The van der Waals surface area contributed by atoms with Crippen LogP contribution in [-0.2, 0) is 10.0 Å². The third kappa shape index (κ3) is 3.06. The van der Waals surface area contributed by atoms with E-state index in [9.17, 15) is 13.2 Å². The monoisotopic (exact) mass is 341 g/mol. The average Bonchev–Trinajstić information content (AvgIpc) is 3.19. The summed E-state index contributed by atoms with van der Waals surface area (Å²) in [6, 6.07) is 2.92. The maximum absolute atomic E-state index is 12.5. The van der Waals surface area contributed by atoms with E-state index in [-0.39, 0.29) is 4.90 Å². The first kappa shape index (κ1) is 15.2. The predicted molar refractivity (Wildman–Crippen MR) is 81.4 cm³/mol. The lowest BCUT2D eigenvalue weighted by atomic mass is 10.2. The minimum Gasteiger partial charge on any atom is -0.363 e. The normalized spacial score (nSPS) is 16.5. The predicted octanol–water partition coefficient (Wildman–Crippen LogP) is 2.16. The number of rotatable bonds is 4. The second-order valence-corrected chi connectivity index (χ2v) is 7.80. The van der Waals surface area contributed by atoms with Gasteiger partial charge in [-0.1, -0.05) is 11.6 Å². The van der Waals surface area contributed by atoms with Gasteiger partial charge in [0.15, 0.2) is 5.82 Å². The van der Waals surface area contributed by atoms with Crippen LogP contribution >= 0.6 is 11.3 Å². The number of carbonyl (C=O) groups is 1. The minimum atomic E-state index is -3.51. The molecule has 0 aliphatic carbocycles. The second kappa shape index (κ2) is 6.19. The van der Waals surface area contributed by atoms with E-state index in [0.29, 0.717) is 23.8 Å². The Bertz CT molecular complexity index is 746. The molecule has 0 spiro atoms. The van der Waals surface area contributed by atoms with Crippen LogP contribution < -0.4 is 5.32 Å². The van der Waals surface area contributed by atoms with Crippen LogP contribution in [0.5, 0.6) is 0 Å². The number of nitrogens with one attached hydrogen (secondary N) is 1. The number of amides is 1. The Kier molecular flexibility index (Phi) is 4.27. The SMILES string of the molecule is O=C(Nc1ccon1)c1cc(S(=O)(=O)N2CCCCC2)cs1. The summed E-state index contributed by atoms with van der Waals surface area (Å²) in [5.41, 5.74) is 0. The molecule has 0 saturated carbocycles. The maximum atomic E-state index is 12.5. The third-order valence-electron chi connectivity index (χ3n) is 3.43. The van der Waals surface area contributed by atoms with E-state index in [2.05, 4.69) is 15.0 Å². The largest absolute Gasteiger partial charge is 0.363 e. The van der Waals surface area contributed by atoms with E-state index in [0.717, 1.165) is 30.6 Å². The van der Waals surface area contributed by atoms with E-state index >= 15 is 0 Å². The molecule has 7 nitrogen and oxygen atoms in total. The van der Waals surface area contributed by atoms with Crippen molar-refractivity contribution >= 4 is 33.1 Å². The summed E-state index contributed by atoms with van der Waals surface area (Å²) >= 11 is 1.09. The van der Waals surface area contributed by atoms with Crippen molar-refractivity contribution in [2.75, 3.05) is 18.4 Å². The highest BCUT2D eigenvalue weighted by Gasteiger charge is 2.27. The first-order chi connectivity index (χ1) is 10.6. The molecule has 3 heterocycles. The Morgan fingerprint density at radius 1 is 1.32 bits per heavy atom. The molecule has 1 aliphatic heterocycles. The number of hydrogen-bond donors (Lipinski definition) is 1. The van der Waals surface area contributed by atoms with Crippen molar-refractivity contribution < 1.29 is 17.7 Å². The maximum Gasteiger partial charge on any atom is 0.267 e. The van der Waals surface area contributed by atoms with Gasteiger partial charge in [-0.15, -0.1) is 11.3 Å². The highest BCUT2D eigenvalue weighted by atomic mass is 32.2. The van der Waals surface area contributed by atoms with Gasteiger partial charge in [-0.05, 0) is 18.9 Å². The molecule has 0 bridgehead atoms. The van der Waals surface area contributed by atoms with Gasteiger partial charge >= 0.3 is 0 Å². The van der Waals surface area contributed by atoms with Gasteiger partial charge in [0.25, 0.3) is 5.91 Å². The van der Waals surface area contributed by atoms with Gasteiger partial charge in [-0.25, -0.2) is 8.42 Å². The molecule has 0 atom stereocenters. The summed E-state index contributed by atoms with van der Waals surface area (Å²) in [5, 5.41) is 7.62. The Morgan fingerprint density at radius 3 is 2.77 bits per heavy atom. The van der Waals surface area contributed by atoms with Gasteiger partial charge in [-0.2, -0.15) is 4.31 Å². The molecule has 9 heteroatoms. The minimum absolute atomic E-state index is 0.171. The number of hydrogen-bond acceptors (Lipinski definition) is 6. The number of aromatic nitrogens is 1. The van der Waals surface area contributed by atoms with Crippen LogP contribution in [0, 0.1) is 0 Å². The van der Waals surface area contributed by atoms with Crippen LogP contribution in [0.15, 0.2) is 33.2 Å². The van der Waals surface area contributed by atoms with Crippen molar-refractivity contribution in [3.8, 4) is 0 Å². The molecule has 22 heavy (non-hydrogen) atoms. The van der Waals surface area contributed by atoms with Crippen LogP contribution in [0.1, 0.15) is 28.9 Å². The second-order valence-electron chi connectivity index (χ2n) is 4.95. The summed E-state index contributed by atoms with van der Waals surface area (Å²) in [7, 11) is -3.51. The topological polar surface area (TPSA) is 92.5 Å². The summed E-state index contributed by atoms with van der Waals surface area (Å²) in [4.78, 5) is 12.5. The zero-order valence-corrected chi connectivity index (χ0v) is 13.3. The highest BCUT2D eigenvalue weighted by Crippen LogP contribution is 2.25. The van der Waals surface area contributed by atoms with Crippen molar-refractivity contribution in [3.63, 3.8) is 0 Å². The summed E-state index contributed by atoms with van der Waals surface area (Å²) in [5.74, 6) is -0.113. The smallest absolute Gasteiger partial charge is 0.267 e. The fraction of sp³-hybridized carbons (Fsp3) is 0.385. The number of anilines is 1. The number of sulfonamides is 1. The van der Waals surface area contributed by atoms with E-state index < -0.39 is 15.9 Å². The molecule has 3 rings (SSSR count). The summed E-state index contributed by atoms with van der Waals surface area (Å²) in [6.45, 7) is 1.08. The molecule has 1 saturated heterocycles. The van der Waals surface area contributed by atoms with Crippen molar-refractivity contribution in [1.82, 2.24) is 9.46 Å². The molecule has 0 radical (unpaired) electrons. The van der Waals surface area contributed by atoms with Gasteiger partial charge in [0.1, 0.15) is 6.26 Å². The van der Waals surface area contributed by atoms with Crippen molar-refractivity contribution in [3.05, 3.63) is 28.7 Å². The fourth-order valence-corrected chi connectivity index (χ4v) is 4.96. The van der Waals surface area contributed by atoms with Gasteiger partial charge in [0.2, 0.25) is 10.0 Å². The molecule has 118 valence electrons. The fourth-order valence-electron chi connectivity index (χ4n) is 2.28. The lowest BCUT2D eigenvalue weighted by Gasteiger charge is -2.25. The molecule has 1 N–H and O–H groups in total. The molecule has 2 aromatic heterocycles. The molecular formula is C13H15N3O4S2. The number of thiophene rings is 1. The lowest BCUT2D eigenvalue weighted by molar-refractivity contribution is 0.102. The van der Waals surface area contributed by atoms with E-state index in [1.165, 1.54) is 28.1 Å². The number of piperidine rings is 1. The van der Waals surface area contributed by atoms with Gasteiger partial charge in [-0.3, -0.25) is 4.79 Å². The molecule has 2 aromatic rings. The van der Waals surface area contributed by atoms with Gasteiger partial charge < -0.3 is 9.84 Å². The zero-order valence-electron chi connectivity index (χ0n) is 11.7. The van der Waals surface area contributed by atoms with Crippen LogP contribution in [0.25, 0.3) is 0 Å². The van der Waals surface area contributed by atoms with Crippen LogP contribution in [0.2, 0.25) is 0 Å². The zero-order chi connectivity index (χ0) is 15.6. The van der Waals surface area contributed by atoms with Crippen LogP contribution in [0.4, 0.5) is 5.82 Å². The third-order valence-corrected chi connectivity index (χ3v) is 6.39. The summed E-state index contributed by atoms with van der Waals surface area (Å²) in [6.07, 6.45) is 4.16. The summed E-state index contributed by atoms with van der Waals surface area (Å²) < 4.78 is 31.1. The first-order valence-electron chi connectivity index (χ1n) is 6.88. The molecule has 0 aromatic carbocycles. The molecular weight excluding hydrogens is 326 g/mol. The molecule has 1 aliphatic rings. The van der Waals surface area contributed by atoms with E-state index in [4.69, 9.17) is 0 Å². The van der Waals surface area contributed by atoms with Gasteiger partial charge in [0, 0.05) is 24.5 Å². The Morgan fingerprint density at radius 2 is 2.09 bits per heavy atom. The van der Waals surface area contributed by atoms with E-state index in [1.807, 2.05) is 0 Å². The average molecular weight is 341 g/mol. The van der Waals surface area contributed by atoms with Crippen LogP contribution in [-0.4, -0.2) is 36.9 Å². The quantitative estimate of drug-likeness (QED) is 0.920. The molecule has 1 fully saturated rings. The Hall–Kier alpha value is -1.71. The highest BCUT2D eigenvalue weighted by molar-refractivity contribution is 7.89. The van der Waals surface area contributed by atoms with Crippen LogP contribution in [0.3, 0.4) is 0 Å². The van der Waals surface area contributed by atoms with Crippen molar-refractivity contribution in [2.45, 2.75) is 24.2 Å². The first-order valence-corrected chi connectivity index (χ1v) is 9.20. The standard InChI is InChI=1S/C13H15N3O4S2/c17-13(14-12-4-7-20-15-12)11-8-10(9-21-11)22(18,19)16-5-2-1-3-6-16/h4,7-9H,1-3,5-6H2,(H,14,15,17). The number of carbonyl (C=O) groups excluding carboxylic acids is 1. The molecule has 1 amide bonds. The Balaban J connectivity index is 1.76. The lowest BCUT2D eigenvalue weighted by Crippen LogP contribution is -2.35. The van der Waals surface area contributed by atoms with Gasteiger partial charge in [0.05, 0.1) is 9.77 Å².